The average molecular weight is 352 g/mol. The lowest BCUT2D eigenvalue weighted by Gasteiger charge is -2.12. The van der Waals surface area contributed by atoms with E-state index in [9.17, 15) is 4.39 Å². The standard InChI is InChI=1S/C21H25FN4/c22-19-6-4-17(5-7-19)21-20(16-8-12-25-13-9-16)18(3-1-10-23)15-26(21)14-2-11-24/h4-9,12-13,15H,1-3,10-11,14,23-24H2. The van der Waals surface area contributed by atoms with Crippen molar-refractivity contribution < 1.29 is 4.39 Å². The lowest BCUT2D eigenvalue weighted by molar-refractivity contribution is 0.627. The van der Waals surface area contributed by atoms with Gasteiger partial charge in [-0.3, -0.25) is 4.98 Å². The molecule has 0 saturated carbocycles. The number of nitrogens with zero attached hydrogens (tertiary/aromatic N) is 2. The van der Waals surface area contributed by atoms with E-state index in [2.05, 4.69) is 15.7 Å². The first-order valence-electron chi connectivity index (χ1n) is 9.03. The Bertz CT molecular complexity index is 825. The summed E-state index contributed by atoms with van der Waals surface area (Å²) < 4.78 is 15.7. The molecule has 0 amide bonds. The molecule has 4 N–H and O–H groups in total. The minimum Gasteiger partial charge on any atom is -0.347 e. The molecule has 4 nitrogen and oxygen atoms in total. The highest BCUT2D eigenvalue weighted by Crippen LogP contribution is 2.37. The van der Waals surface area contributed by atoms with Crippen molar-refractivity contribution in [3.63, 3.8) is 0 Å². The molecule has 136 valence electrons. The third-order valence-electron chi connectivity index (χ3n) is 4.50. The Morgan fingerprint density at radius 1 is 0.885 bits per heavy atom. The molecule has 2 heterocycles. The lowest BCUT2D eigenvalue weighted by Crippen LogP contribution is -2.06. The van der Waals surface area contributed by atoms with Crippen LogP contribution in [0.5, 0.6) is 0 Å². The Kier molecular flexibility index (Phi) is 6.15. The number of hydrogen-bond acceptors (Lipinski definition) is 3. The summed E-state index contributed by atoms with van der Waals surface area (Å²) in [6, 6.07) is 10.7. The molecule has 3 rings (SSSR count). The Balaban J connectivity index is 2.19. The zero-order valence-electron chi connectivity index (χ0n) is 14.9. The van der Waals surface area contributed by atoms with E-state index in [1.807, 2.05) is 24.3 Å². The normalized spacial score (nSPS) is 11.0. The second-order valence-electron chi connectivity index (χ2n) is 6.35. The highest BCUT2D eigenvalue weighted by molar-refractivity contribution is 5.84. The van der Waals surface area contributed by atoms with Crippen molar-refractivity contribution in [2.45, 2.75) is 25.8 Å². The number of pyridine rings is 1. The Hall–Kier alpha value is -2.50. The summed E-state index contributed by atoms with van der Waals surface area (Å²) in [7, 11) is 0. The van der Waals surface area contributed by atoms with Crippen LogP contribution in [0, 0.1) is 5.82 Å². The van der Waals surface area contributed by atoms with Crippen LogP contribution >= 0.6 is 0 Å². The van der Waals surface area contributed by atoms with E-state index >= 15 is 0 Å². The molecular weight excluding hydrogens is 327 g/mol. The predicted octanol–water partition coefficient (Wildman–Crippen LogP) is 3.60. The van der Waals surface area contributed by atoms with Crippen LogP contribution in [0.1, 0.15) is 18.4 Å². The van der Waals surface area contributed by atoms with Gasteiger partial charge in [-0.25, -0.2) is 4.39 Å². The third kappa shape index (κ3) is 4.00. The molecule has 0 atom stereocenters. The number of halogens is 1. The van der Waals surface area contributed by atoms with Crippen LogP contribution < -0.4 is 11.5 Å². The summed E-state index contributed by atoms with van der Waals surface area (Å²) >= 11 is 0. The number of aromatic nitrogens is 2. The molecule has 0 aliphatic heterocycles. The molecule has 0 spiro atoms. The van der Waals surface area contributed by atoms with Crippen LogP contribution in [0.3, 0.4) is 0 Å². The quantitative estimate of drug-likeness (QED) is 0.651. The topological polar surface area (TPSA) is 69.9 Å². The Morgan fingerprint density at radius 3 is 2.23 bits per heavy atom. The zero-order chi connectivity index (χ0) is 18.4. The zero-order valence-corrected chi connectivity index (χ0v) is 14.9. The Labute approximate surface area is 153 Å². The van der Waals surface area contributed by atoms with Gasteiger partial charge >= 0.3 is 0 Å². The smallest absolute Gasteiger partial charge is 0.123 e. The molecule has 0 radical (unpaired) electrons. The van der Waals surface area contributed by atoms with E-state index in [4.69, 9.17) is 11.5 Å². The molecule has 0 fully saturated rings. The summed E-state index contributed by atoms with van der Waals surface area (Å²) in [4.78, 5) is 4.14. The molecule has 3 aromatic rings. The predicted molar refractivity (Wildman–Crippen MR) is 104 cm³/mol. The minimum absolute atomic E-state index is 0.234. The van der Waals surface area contributed by atoms with E-state index in [0.717, 1.165) is 42.6 Å². The maximum absolute atomic E-state index is 13.5. The van der Waals surface area contributed by atoms with Gasteiger partial charge in [-0.05, 0) is 85.4 Å². The van der Waals surface area contributed by atoms with Crippen molar-refractivity contribution in [3.8, 4) is 22.4 Å². The van der Waals surface area contributed by atoms with Crippen molar-refractivity contribution >= 4 is 0 Å². The van der Waals surface area contributed by atoms with Crippen molar-refractivity contribution in [2.75, 3.05) is 13.1 Å². The fourth-order valence-corrected chi connectivity index (χ4v) is 3.29. The van der Waals surface area contributed by atoms with Crippen LogP contribution in [0.4, 0.5) is 4.39 Å². The first kappa shape index (κ1) is 18.3. The summed E-state index contributed by atoms with van der Waals surface area (Å²) in [6.45, 7) is 2.10. The summed E-state index contributed by atoms with van der Waals surface area (Å²) in [5.74, 6) is -0.234. The second kappa shape index (κ2) is 8.74. The Morgan fingerprint density at radius 2 is 1.58 bits per heavy atom. The maximum Gasteiger partial charge on any atom is 0.123 e. The van der Waals surface area contributed by atoms with E-state index < -0.39 is 0 Å². The van der Waals surface area contributed by atoms with Crippen LogP contribution in [-0.4, -0.2) is 22.6 Å². The first-order valence-corrected chi connectivity index (χ1v) is 9.03. The number of nitrogens with two attached hydrogens (primary N) is 2. The molecule has 2 aromatic heterocycles. The fourth-order valence-electron chi connectivity index (χ4n) is 3.29. The van der Waals surface area contributed by atoms with Crippen molar-refractivity contribution in [2.24, 2.45) is 11.5 Å². The second-order valence-corrected chi connectivity index (χ2v) is 6.35. The van der Waals surface area contributed by atoms with Gasteiger partial charge in [0.1, 0.15) is 5.82 Å². The van der Waals surface area contributed by atoms with E-state index in [1.165, 1.54) is 23.3 Å². The first-order chi connectivity index (χ1) is 12.7. The minimum atomic E-state index is -0.234. The maximum atomic E-state index is 13.5. The highest BCUT2D eigenvalue weighted by Gasteiger charge is 2.18. The van der Waals surface area contributed by atoms with E-state index in [-0.39, 0.29) is 5.82 Å². The largest absolute Gasteiger partial charge is 0.347 e. The fraction of sp³-hybridized carbons (Fsp3) is 0.286. The molecule has 0 bridgehead atoms. The van der Waals surface area contributed by atoms with Gasteiger partial charge in [0.15, 0.2) is 0 Å². The van der Waals surface area contributed by atoms with Gasteiger partial charge in [-0.15, -0.1) is 0 Å². The van der Waals surface area contributed by atoms with E-state index in [0.29, 0.717) is 13.1 Å². The number of rotatable bonds is 8. The van der Waals surface area contributed by atoms with Gasteiger partial charge in [-0.2, -0.15) is 0 Å². The van der Waals surface area contributed by atoms with Crippen LogP contribution in [0.25, 0.3) is 22.4 Å². The number of aryl methyl sites for hydroxylation is 2. The SMILES string of the molecule is NCCCc1cn(CCCN)c(-c2ccc(F)cc2)c1-c1ccncc1. The van der Waals surface area contributed by atoms with Crippen molar-refractivity contribution in [3.05, 3.63) is 66.4 Å². The molecule has 26 heavy (non-hydrogen) atoms. The van der Waals surface area contributed by atoms with Gasteiger partial charge < -0.3 is 16.0 Å². The highest BCUT2D eigenvalue weighted by atomic mass is 19.1. The molecular formula is C21H25FN4. The number of hydrogen-bond donors (Lipinski definition) is 2. The average Bonchev–Trinajstić information content (AvgIpc) is 3.04. The van der Waals surface area contributed by atoms with Gasteiger partial charge in [-0.1, -0.05) is 0 Å². The van der Waals surface area contributed by atoms with Gasteiger partial charge in [0.25, 0.3) is 0 Å². The third-order valence-corrected chi connectivity index (χ3v) is 4.50. The molecule has 5 heteroatoms. The summed E-state index contributed by atoms with van der Waals surface area (Å²) in [5, 5.41) is 0. The van der Waals surface area contributed by atoms with Crippen molar-refractivity contribution in [1.82, 2.24) is 9.55 Å². The molecule has 0 aliphatic rings. The lowest BCUT2D eigenvalue weighted by atomic mass is 9.96. The molecule has 1 aromatic carbocycles. The molecule has 0 saturated heterocycles. The van der Waals surface area contributed by atoms with E-state index in [1.54, 1.807) is 12.4 Å². The van der Waals surface area contributed by atoms with Crippen LogP contribution in [0.2, 0.25) is 0 Å². The van der Waals surface area contributed by atoms with Crippen LogP contribution in [0.15, 0.2) is 55.0 Å². The molecule has 0 aliphatic carbocycles. The van der Waals surface area contributed by atoms with Gasteiger partial charge in [0.2, 0.25) is 0 Å². The summed E-state index contributed by atoms with van der Waals surface area (Å²) in [5.41, 5.74) is 17.1. The number of benzene rings is 1. The monoisotopic (exact) mass is 352 g/mol. The van der Waals surface area contributed by atoms with Crippen molar-refractivity contribution in [1.29, 1.82) is 0 Å². The van der Waals surface area contributed by atoms with Crippen LogP contribution in [-0.2, 0) is 13.0 Å². The summed E-state index contributed by atoms with van der Waals surface area (Å²) in [6.07, 6.45) is 8.50. The van der Waals surface area contributed by atoms with Gasteiger partial charge in [0, 0.05) is 30.7 Å². The molecule has 0 unspecified atom stereocenters. The van der Waals surface area contributed by atoms with Gasteiger partial charge in [0.05, 0.1) is 5.69 Å².